The fourth-order valence-electron chi connectivity index (χ4n) is 5.12. The Labute approximate surface area is 177 Å². The molecule has 0 spiro atoms. The van der Waals surface area contributed by atoms with Gasteiger partial charge >= 0.3 is 0 Å². The zero-order valence-electron chi connectivity index (χ0n) is 18.2. The first-order chi connectivity index (χ1) is 14.3. The Kier molecular flexibility index (Phi) is 5.71. The number of halogens is 1. The van der Waals surface area contributed by atoms with E-state index in [4.69, 9.17) is 4.74 Å². The van der Waals surface area contributed by atoms with Crippen molar-refractivity contribution in [3.63, 3.8) is 0 Å². The molecule has 4 rings (SSSR count). The van der Waals surface area contributed by atoms with Gasteiger partial charge in [0.05, 0.1) is 17.5 Å². The lowest BCUT2D eigenvalue weighted by atomic mass is 9.70. The minimum atomic E-state index is -0.709. The van der Waals surface area contributed by atoms with E-state index < -0.39 is 11.9 Å². The number of benzene rings is 1. The van der Waals surface area contributed by atoms with Gasteiger partial charge in [-0.1, -0.05) is 32.0 Å². The standard InChI is InChI=1S/C24H31FN2O3/c1-14-12-17-19(13-15(14)2)30-23-20(22(17)28)21(16-8-5-6-9-18(16)25)27(24(23)29)11-7-10-26(3)4/h5-6,8-9,14-15,17,19,21H,7,10-13H2,1-4H3. The fourth-order valence-corrected chi connectivity index (χ4v) is 5.12. The number of nitrogens with zero attached hydrogens (tertiary/aromatic N) is 2. The van der Waals surface area contributed by atoms with Crippen molar-refractivity contribution < 1.29 is 18.7 Å². The van der Waals surface area contributed by atoms with Gasteiger partial charge in [0.1, 0.15) is 11.9 Å². The van der Waals surface area contributed by atoms with Crippen LogP contribution in [0.1, 0.15) is 44.7 Å². The number of ketones is 1. The number of carbonyl (C=O) groups is 2. The van der Waals surface area contributed by atoms with E-state index in [2.05, 4.69) is 13.8 Å². The number of fused-ring (bicyclic) bond motifs is 1. The van der Waals surface area contributed by atoms with Crippen LogP contribution in [-0.4, -0.2) is 54.8 Å². The molecule has 1 aromatic rings. The summed E-state index contributed by atoms with van der Waals surface area (Å²) in [7, 11) is 3.95. The van der Waals surface area contributed by atoms with Crippen molar-refractivity contribution in [2.45, 2.75) is 45.3 Å². The quantitative estimate of drug-likeness (QED) is 0.739. The maximum atomic E-state index is 14.8. The van der Waals surface area contributed by atoms with Gasteiger partial charge in [0.25, 0.3) is 5.91 Å². The molecule has 6 heteroatoms. The second kappa shape index (κ2) is 8.14. The van der Waals surface area contributed by atoms with E-state index in [9.17, 15) is 14.0 Å². The largest absolute Gasteiger partial charge is 0.483 e. The predicted molar refractivity (Wildman–Crippen MR) is 112 cm³/mol. The molecule has 3 aliphatic rings. The SMILES string of the molecule is CC1CC2OC3=C(C(=O)C2CC1C)C(c1ccccc1F)N(CCCN(C)C)C3=O. The van der Waals surface area contributed by atoms with Crippen molar-refractivity contribution in [1.82, 2.24) is 9.80 Å². The number of hydrogen-bond donors (Lipinski definition) is 0. The molecule has 5 atom stereocenters. The molecule has 0 radical (unpaired) electrons. The molecule has 0 bridgehead atoms. The van der Waals surface area contributed by atoms with Crippen molar-refractivity contribution in [2.24, 2.45) is 17.8 Å². The van der Waals surface area contributed by atoms with Crippen LogP contribution in [0.4, 0.5) is 4.39 Å². The molecule has 1 aliphatic carbocycles. The Balaban J connectivity index is 1.72. The summed E-state index contributed by atoms with van der Waals surface area (Å²) in [5.74, 6) is 0.0475. The molecule has 1 amide bonds. The first-order valence-corrected chi connectivity index (χ1v) is 10.9. The van der Waals surface area contributed by atoms with Crippen LogP contribution < -0.4 is 0 Å². The summed E-state index contributed by atoms with van der Waals surface area (Å²) in [5.41, 5.74) is 0.728. The van der Waals surface area contributed by atoms with Gasteiger partial charge in [-0.15, -0.1) is 0 Å². The third-order valence-corrected chi connectivity index (χ3v) is 7.01. The number of Topliss-reactive ketones (excluding diaryl/α,β-unsaturated/α-hetero) is 1. The summed E-state index contributed by atoms with van der Waals surface area (Å²) < 4.78 is 21.0. The van der Waals surface area contributed by atoms with Gasteiger partial charge in [-0.05, 0) is 57.8 Å². The highest BCUT2D eigenvalue weighted by atomic mass is 19.1. The fraction of sp³-hybridized carbons (Fsp3) is 0.583. The van der Waals surface area contributed by atoms with Crippen LogP contribution in [0.3, 0.4) is 0 Å². The van der Waals surface area contributed by atoms with Crippen molar-refractivity contribution >= 4 is 11.7 Å². The molecule has 1 fully saturated rings. The Hall–Kier alpha value is -2.21. The summed E-state index contributed by atoms with van der Waals surface area (Å²) in [4.78, 5) is 30.6. The molecule has 1 saturated carbocycles. The highest BCUT2D eigenvalue weighted by molar-refractivity contribution is 6.11. The molecule has 5 nitrogen and oxygen atoms in total. The number of rotatable bonds is 5. The van der Waals surface area contributed by atoms with Gasteiger partial charge in [0.15, 0.2) is 11.5 Å². The second-order valence-electron chi connectivity index (χ2n) is 9.38. The predicted octanol–water partition coefficient (Wildman–Crippen LogP) is 3.56. The highest BCUT2D eigenvalue weighted by Gasteiger charge is 2.53. The van der Waals surface area contributed by atoms with Gasteiger partial charge in [-0.3, -0.25) is 9.59 Å². The molecule has 162 valence electrons. The second-order valence-corrected chi connectivity index (χ2v) is 9.38. The normalized spacial score (nSPS) is 31.1. The molecule has 30 heavy (non-hydrogen) atoms. The van der Waals surface area contributed by atoms with E-state index in [1.165, 1.54) is 6.07 Å². The molecule has 2 heterocycles. The van der Waals surface area contributed by atoms with Crippen LogP contribution in [0.25, 0.3) is 0 Å². The summed E-state index contributed by atoms with van der Waals surface area (Å²) in [5, 5.41) is 0. The zero-order valence-corrected chi connectivity index (χ0v) is 18.2. The van der Waals surface area contributed by atoms with Crippen LogP contribution in [0.15, 0.2) is 35.6 Å². The Bertz CT molecular complexity index is 881. The van der Waals surface area contributed by atoms with Crippen LogP contribution in [0, 0.1) is 23.6 Å². The summed E-state index contributed by atoms with van der Waals surface area (Å²) in [6.07, 6.45) is 2.00. The monoisotopic (exact) mass is 414 g/mol. The Morgan fingerprint density at radius 3 is 2.53 bits per heavy atom. The van der Waals surface area contributed by atoms with Gasteiger partial charge in [0.2, 0.25) is 0 Å². The van der Waals surface area contributed by atoms with Gasteiger partial charge in [0, 0.05) is 12.1 Å². The van der Waals surface area contributed by atoms with E-state index in [0.717, 1.165) is 25.8 Å². The van der Waals surface area contributed by atoms with E-state index in [1.807, 2.05) is 19.0 Å². The number of amides is 1. The topological polar surface area (TPSA) is 49.9 Å². The lowest BCUT2D eigenvalue weighted by Gasteiger charge is -2.40. The Morgan fingerprint density at radius 1 is 1.13 bits per heavy atom. The van der Waals surface area contributed by atoms with E-state index in [1.54, 1.807) is 23.1 Å². The van der Waals surface area contributed by atoms with Crippen molar-refractivity contribution in [2.75, 3.05) is 27.2 Å². The minimum Gasteiger partial charge on any atom is -0.483 e. The smallest absolute Gasteiger partial charge is 0.290 e. The summed E-state index contributed by atoms with van der Waals surface area (Å²) in [6, 6.07) is 5.73. The zero-order chi connectivity index (χ0) is 21.6. The third kappa shape index (κ3) is 3.55. The minimum absolute atomic E-state index is 0.0308. The molecular formula is C24H31FN2O3. The number of carbonyl (C=O) groups excluding carboxylic acids is 2. The molecule has 0 aromatic heterocycles. The first-order valence-electron chi connectivity index (χ1n) is 10.9. The molecule has 0 N–H and O–H groups in total. The summed E-state index contributed by atoms with van der Waals surface area (Å²) in [6.45, 7) is 5.58. The number of hydrogen-bond acceptors (Lipinski definition) is 4. The Morgan fingerprint density at radius 2 is 1.83 bits per heavy atom. The third-order valence-electron chi connectivity index (χ3n) is 7.01. The van der Waals surface area contributed by atoms with E-state index in [-0.39, 0.29) is 29.5 Å². The molecule has 0 saturated heterocycles. The summed E-state index contributed by atoms with van der Waals surface area (Å²) >= 11 is 0. The molecule has 2 aliphatic heterocycles. The average Bonchev–Trinajstić information content (AvgIpc) is 2.96. The maximum absolute atomic E-state index is 14.8. The number of ether oxygens (including phenoxy) is 1. The van der Waals surface area contributed by atoms with Gasteiger partial charge < -0.3 is 14.5 Å². The van der Waals surface area contributed by atoms with Gasteiger partial charge in [-0.2, -0.15) is 0 Å². The van der Waals surface area contributed by atoms with Crippen molar-refractivity contribution in [1.29, 1.82) is 0 Å². The van der Waals surface area contributed by atoms with Crippen molar-refractivity contribution in [3.8, 4) is 0 Å². The first kappa shape index (κ1) is 21.0. The lowest BCUT2D eigenvalue weighted by Crippen LogP contribution is -2.43. The van der Waals surface area contributed by atoms with Gasteiger partial charge in [-0.25, -0.2) is 4.39 Å². The molecule has 1 aromatic carbocycles. The van der Waals surface area contributed by atoms with Crippen LogP contribution in [0.5, 0.6) is 0 Å². The van der Waals surface area contributed by atoms with Crippen LogP contribution in [0.2, 0.25) is 0 Å². The molecule has 5 unspecified atom stereocenters. The lowest BCUT2D eigenvalue weighted by molar-refractivity contribution is -0.137. The van der Waals surface area contributed by atoms with Crippen LogP contribution in [-0.2, 0) is 14.3 Å². The highest BCUT2D eigenvalue weighted by Crippen LogP contribution is 2.48. The average molecular weight is 415 g/mol. The van der Waals surface area contributed by atoms with Crippen LogP contribution >= 0.6 is 0 Å². The maximum Gasteiger partial charge on any atom is 0.290 e. The van der Waals surface area contributed by atoms with E-state index in [0.29, 0.717) is 29.5 Å². The van der Waals surface area contributed by atoms with Crippen molar-refractivity contribution in [3.05, 3.63) is 47.0 Å². The molecular weight excluding hydrogens is 383 g/mol. The van der Waals surface area contributed by atoms with E-state index >= 15 is 0 Å².